The lowest BCUT2D eigenvalue weighted by atomic mass is 9.59. The molecule has 1 aromatic carbocycles. The largest absolute Gasteiger partial charge is 0.444 e. The molecule has 6 heteroatoms. The molecule has 5 unspecified atom stereocenters. The van der Waals surface area contributed by atoms with E-state index in [1.807, 2.05) is 38.2 Å². The Morgan fingerprint density at radius 2 is 1.91 bits per heavy atom. The van der Waals surface area contributed by atoms with Crippen LogP contribution in [0.15, 0.2) is 36.8 Å². The Kier molecular flexibility index (Phi) is 4.59. The number of imidazole rings is 1. The van der Waals surface area contributed by atoms with Crippen molar-refractivity contribution in [1.82, 2.24) is 14.5 Å². The van der Waals surface area contributed by atoms with Crippen molar-refractivity contribution in [3.63, 3.8) is 0 Å². The highest BCUT2D eigenvalue weighted by Gasteiger charge is 2.67. The van der Waals surface area contributed by atoms with Crippen molar-refractivity contribution in [2.45, 2.75) is 78.2 Å². The van der Waals surface area contributed by atoms with Crippen LogP contribution in [0, 0.1) is 16.7 Å². The molecule has 5 atom stereocenters. The number of aromatic nitrogens is 2. The van der Waals surface area contributed by atoms with Crippen molar-refractivity contribution >= 4 is 6.09 Å². The molecular formula is C26H35N3O3. The number of hydrogen-bond acceptors (Lipinski definition) is 4. The summed E-state index contributed by atoms with van der Waals surface area (Å²) in [5, 5.41) is 11.9. The maximum absolute atomic E-state index is 13.0. The van der Waals surface area contributed by atoms with Gasteiger partial charge in [-0.05, 0) is 44.6 Å². The van der Waals surface area contributed by atoms with Gasteiger partial charge in [0, 0.05) is 29.5 Å². The highest BCUT2D eigenvalue weighted by Crippen LogP contribution is 2.61. The lowest BCUT2D eigenvalue weighted by Gasteiger charge is -2.62. The van der Waals surface area contributed by atoms with E-state index in [0.29, 0.717) is 6.54 Å². The van der Waals surface area contributed by atoms with Gasteiger partial charge >= 0.3 is 6.09 Å². The van der Waals surface area contributed by atoms with Crippen LogP contribution in [-0.4, -0.2) is 49.9 Å². The van der Waals surface area contributed by atoms with Gasteiger partial charge in [-0.1, -0.05) is 45.0 Å². The number of likely N-dealkylation sites (tertiary alicyclic amines) is 1. The number of nitrogens with zero attached hydrogens (tertiary/aromatic N) is 3. The van der Waals surface area contributed by atoms with Gasteiger partial charge in [-0.2, -0.15) is 0 Å². The third kappa shape index (κ3) is 3.02. The highest BCUT2D eigenvalue weighted by atomic mass is 16.6. The molecule has 2 aliphatic heterocycles. The second-order valence-electron chi connectivity index (χ2n) is 12.0. The van der Waals surface area contributed by atoms with Crippen molar-refractivity contribution in [2.75, 3.05) is 6.54 Å². The molecule has 3 heterocycles. The molecule has 0 bridgehead atoms. The Bertz CT molecular complexity index is 1050. The molecule has 1 saturated heterocycles. The number of amides is 1. The molecule has 2 fully saturated rings. The molecule has 3 aliphatic rings. The maximum atomic E-state index is 13.0. The summed E-state index contributed by atoms with van der Waals surface area (Å²) in [5.41, 5.74) is 2.58. The van der Waals surface area contributed by atoms with Crippen LogP contribution in [0.5, 0.6) is 0 Å². The van der Waals surface area contributed by atoms with E-state index < -0.39 is 11.7 Å². The van der Waals surface area contributed by atoms with Gasteiger partial charge < -0.3 is 19.3 Å². The summed E-state index contributed by atoms with van der Waals surface area (Å²) in [6.45, 7) is 12.7. The quantitative estimate of drug-likeness (QED) is 0.691. The van der Waals surface area contributed by atoms with Gasteiger partial charge in [0.25, 0.3) is 0 Å². The lowest BCUT2D eigenvalue weighted by Crippen LogP contribution is -2.73. The van der Waals surface area contributed by atoms with Crippen LogP contribution in [0.3, 0.4) is 0 Å². The average molecular weight is 438 g/mol. The standard InChI is InChI=1S/C26H35N3O3/c1-24(2,3)22-26(14-28(22)23(31)32-25(4,5)6)12-11-18(21(26)30)20-17-10-8-7-9-16(17)19-13-27-15-29(19)20/h7-10,13,15,18,20-22,30H,11-12,14H2,1-6H3. The van der Waals surface area contributed by atoms with Crippen molar-refractivity contribution in [3.05, 3.63) is 42.4 Å². The summed E-state index contributed by atoms with van der Waals surface area (Å²) in [6, 6.07) is 8.48. The Balaban J connectivity index is 1.47. The zero-order valence-corrected chi connectivity index (χ0v) is 20.0. The van der Waals surface area contributed by atoms with Crippen molar-refractivity contribution in [2.24, 2.45) is 16.7 Å². The molecule has 1 saturated carbocycles. The minimum absolute atomic E-state index is 0.0660. The summed E-state index contributed by atoms with van der Waals surface area (Å²) < 4.78 is 7.94. The number of fused-ring (bicyclic) bond motifs is 3. The van der Waals surface area contributed by atoms with Crippen LogP contribution < -0.4 is 0 Å². The molecule has 32 heavy (non-hydrogen) atoms. The minimum Gasteiger partial charge on any atom is -0.444 e. The molecule has 2 aromatic rings. The summed E-state index contributed by atoms with van der Waals surface area (Å²) >= 11 is 0. The molecule has 172 valence electrons. The van der Waals surface area contributed by atoms with Crippen LogP contribution in [0.2, 0.25) is 0 Å². The van der Waals surface area contributed by atoms with Crippen molar-refractivity contribution in [3.8, 4) is 11.3 Å². The monoisotopic (exact) mass is 437 g/mol. The second kappa shape index (κ2) is 6.83. The van der Waals surface area contributed by atoms with Crippen LogP contribution >= 0.6 is 0 Å². The Morgan fingerprint density at radius 3 is 2.59 bits per heavy atom. The molecule has 5 rings (SSSR count). The molecule has 0 radical (unpaired) electrons. The van der Waals surface area contributed by atoms with E-state index in [9.17, 15) is 9.90 Å². The first-order valence-corrected chi connectivity index (χ1v) is 11.7. The maximum Gasteiger partial charge on any atom is 0.410 e. The SMILES string of the molecule is CC(C)(C)OC(=O)N1CC2(CCC(C3c4ccccc4-c4cncn43)C2O)C1C(C)(C)C. The number of rotatable bonds is 1. The highest BCUT2D eigenvalue weighted by molar-refractivity contribution is 5.71. The fourth-order valence-corrected chi connectivity index (χ4v) is 6.79. The van der Waals surface area contributed by atoms with E-state index in [4.69, 9.17) is 4.74 Å². The summed E-state index contributed by atoms with van der Waals surface area (Å²) in [7, 11) is 0. The van der Waals surface area contributed by atoms with Crippen molar-refractivity contribution < 1.29 is 14.6 Å². The first-order valence-electron chi connectivity index (χ1n) is 11.7. The molecular weight excluding hydrogens is 402 g/mol. The average Bonchev–Trinajstić information content (AvgIpc) is 3.31. The molecule has 1 aliphatic carbocycles. The van der Waals surface area contributed by atoms with E-state index in [1.165, 1.54) is 11.1 Å². The first-order chi connectivity index (χ1) is 14.9. The smallest absolute Gasteiger partial charge is 0.410 e. The topological polar surface area (TPSA) is 67.6 Å². The van der Waals surface area contributed by atoms with Crippen molar-refractivity contribution in [1.29, 1.82) is 0 Å². The molecule has 6 nitrogen and oxygen atoms in total. The van der Waals surface area contributed by atoms with Crippen LogP contribution in [0.25, 0.3) is 11.3 Å². The summed E-state index contributed by atoms with van der Waals surface area (Å²) in [6.07, 6.45) is 4.86. The zero-order valence-electron chi connectivity index (χ0n) is 20.0. The number of aliphatic hydroxyl groups excluding tert-OH is 1. The van der Waals surface area contributed by atoms with Gasteiger partial charge in [0.15, 0.2) is 0 Å². The van der Waals surface area contributed by atoms with Gasteiger partial charge in [0.05, 0.1) is 30.4 Å². The molecule has 1 spiro atoms. The van der Waals surface area contributed by atoms with Crippen LogP contribution in [0.4, 0.5) is 4.79 Å². The predicted octanol–water partition coefficient (Wildman–Crippen LogP) is 4.88. The zero-order chi connectivity index (χ0) is 23.1. The van der Waals surface area contributed by atoms with Crippen LogP contribution in [-0.2, 0) is 4.74 Å². The first kappa shape index (κ1) is 21.5. The van der Waals surface area contributed by atoms with Gasteiger partial charge in [0.1, 0.15) is 5.60 Å². The number of aliphatic hydroxyl groups is 1. The van der Waals surface area contributed by atoms with Crippen LogP contribution in [0.1, 0.15) is 66.0 Å². The van der Waals surface area contributed by atoms with E-state index in [1.54, 1.807) is 0 Å². The number of ether oxygens (including phenoxy) is 1. The number of carbonyl (C=O) groups excluding carboxylic acids is 1. The lowest BCUT2D eigenvalue weighted by molar-refractivity contribution is -0.167. The number of benzene rings is 1. The second-order valence-corrected chi connectivity index (χ2v) is 12.0. The fourth-order valence-electron chi connectivity index (χ4n) is 6.79. The Hall–Kier alpha value is -2.34. The van der Waals surface area contributed by atoms with E-state index >= 15 is 0 Å². The Labute approximate surface area is 190 Å². The predicted molar refractivity (Wildman–Crippen MR) is 123 cm³/mol. The van der Waals surface area contributed by atoms with Gasteiger partial charge in [0.2, 0.25) is 0 Å². The Morgan fingerprint density at radius 1 is 1.19 bits per heavy atom. The van der Waals surface area contributed by atoms with Gasteiger partial charge in [-0.3, -0.25) is 0 Å². The third-order valence-electron chi connectivity index (χ3n) is 7.63. The molecule has 1 N–H and O–H groups in total. The number of hydrogen-bond donors (Lipinski definition) is 1. The van der Waals surface area contributed by atoms with E-state index in [2.05, 4.69) is 54.6 Å². The van der Waals surface area contributed by atoms with E-state index in [0.717, 1.165) is 18.5 Å². The molecule has 1 amide bonds. The molecule has 1 aromatic heterocycles. The summed E-state index contributed by atoms with van der Waals surface area (Å²) in [4.78, 5) is 19.2. The van der Waals surface area contributed by atoms with Gasteiger partial charge in [-0.15, -0.1) is 0 Å². The van der Waals surface area contributed by atoms with Gasteiger partial charge in [-0.25, -0.2) is 9.78 Å². The summed E-state index contributed by atoms with van der Waals surface area (Å²) in [5.74, 6) is 0.0808. The van der Waals surface area contributed by atoms with E-state index in [-0.39, 0.29) is 34.9 Å². The fraction of sp³-hybridized carbons (Fsp3) is 0.615. The minimum atomic E-state index is -0.537. The normalized spacial score (nSPS) is 31.4. The third-order valence-corrected chi connectivity index (χ3v) is 7.63. The number of carbonyl (C=O) groups is 1.